The van der Waals surface area contributed by atoms with Crippen LogP contribution in [-0.4, -0.2) is 34.1 Å². The van der Waals surface area contributed by atoms with E-state index < -0.39 is 8.32 Å². The van der Waals surface area contributed by atoms with Gasteiger partial charge >= 0.3 is 5.97 Å². The Labute approximate surface area is 196 Å². The molecule has 0 heterocycles. The maximum absolute atomic E-state index is 11.8. The minimum absolute atomic E-state index is 0.245. The number of rotatable bonds is 10. The fourth-order valence-electron chi connectivity index (χ4n) is 2.74. The van der Waals surface area contributed by atoms with Crippen LogP contribution in [0.4, 0.5) is 0 Å². The summed E-state index contributed by atoms with van der Waals surface area (Å²) in [6, 6.07) is 13.5. The van der Waals surface area contributed by atoms with Gasteiger partial charge in [0.1, 0.15) is 5.75 Å². The summed E-state index contributed by atoms with van der Waals surface area (Å²) in [4.78, 5) is 11.8. The number of carbonyl (C=O) groups is 1. The number of ether oxygens (including phenoxy) is 2. The molecule has 0 spiro atoms. The van der Waals surface area contributed by atoms with Crippen molar-refractivity contribution in [2.24, 2.45) is 0 Å². The average molecular weight is 508 g/mol. The zero-order valence-electron chi connectivity index (χ0n) is 19.6. The number of halogens is 1. The van der Waals surface area contributed by atoms with Crippen molar-refractivity contribution < 1.29 is 18.7 Å². The van der Waals surface area contributed by atoms with E-state index in [1.54, 1.807) is 19.1 Å². The van der Waals surface area contributed by atoms with Crippen LogP contribution >= 0.6 is 15.9 Å². The van der Waals surface area contributed by atoms with E-state index in [1.165, 1.54) is 0 Å². The highest BCUT2D eigenvalue weighted by Gasteiger charge is 2.36. The summed E-state index contributed by atoms with van der Waals surface area (Å²) in [5.41, 5.74) is 2.64. The van der Waals surface area contributed by atoms with Crippen molar-refractivity contribution in [2.45, 2.75) is 58.7 Å². The van der Waals surface area contributed by atoms with Crippen LogP contribution in [0.2, 0.25) is 18.1 Å². The van der Waals surface area contributed by atoms with Gasteiger partial charge in [-0.3, -0.25) is 0 Å². The van der Waals surface area contributed by atoms with Gasteiger partial charge in [0.05, 0.1) is 23.2 Å². The monoisotopic (exact) mass is 506 g/mol. The number of hydrogen-bond donors (Lipinski definition) is 0. The lowest BCUT2D eigenvalue weighted by Gasteiger charge is -2.36. The first-order valence-corrected chi connectivity index (χ1v) is 14.6. The summed E-state index contributed by atoms with van der Waals surface area (Å²) in [6.45, 7) is 15.0. The van der Waals surface area contributed by atoms with Crippen molar-refractivity contribution in [3.8, 4) is 16.9 Å². The predicted octanol–water partition coefficient (Wildman–Crippen LogP) is 7.47. The number of carbonyl (C=O) groups excluding carboxylic acids is 1. The first kappa shape index (κ1) is 25.6. The molecule has 0 amide bonds. The molecule has 0 saturated heterocycles. The molecule has 2 aromatic rings. The van der Waals surface area contributed by atoms with Crippen molar-refractivity contribution in [3.05, 3.63) is 52.5 Å². The molecule has 170 valence electrons. The van der Waals surface area contributed by atoms with E-state index >= 15 is 0 Å². The molecule has 0 fully saturated rings. The quantitative estimate of drug-likeness (QED) is 0.190. The van der Waals surface area contributed by atoms with E-state index in [9.17, 15) is 4.79 Å². The topological polar surface area (TPSA) is 44.8 Å². The highest BCUT2D eigenvalue weighted by atomic mass is 79.9. The van der Waals surface area contributed by atoms with Crippen molar-refractivity contribution in [2.75, 3.05) is 19.8 Å². The van der Waals surface area contributed by atoms with Gasteiger partial charge in [-0.15, -0.1) is 0 Å². The third-order valence-electron chi connectivity index (χ3n) is 5.73. The van der Waals surface area contributed by atoms with Gasteiger partial charge in [0.25, 0.3) is 0 Å². The Hall–Kier alpha value is -1.63. The van der Waals surface area contributed by atoms with Crippen LogP contribution in [0.5, 0.6) is 5.75 Å². The van der Waals surface area contributed by atoms with Crippen LogP contribution in [0.1, 0.15) is 50.9 Å². The van der Waals surface area contributed by atoms with E-state index in [1.807, 2.05) is 30.3 Å². The molecule has 0 aliphatic heterocycles. The van der Waals surface area contributed by atoms with Gasteiger partial charge in [0.15, 0.2) is 8.32 Å². The van der Waals surface area contributed by atoms with Crippen molar-refractivity contribution in [3.63, 3.8) is 0 Å². The molecule has 0 aliphatic carbocycles. The van der Waals surface area contributed by atoms with Crippen LogP contribution in [0.3, 0.4) is 0 Å². The second-order valence-corrected chi connectivity index (χ2v) is 14.8. The normalized spacial score (nSPS) is 12.0. The summed E-state index contributed by atoms with van der Waals surface area (Å²) in [7, 11) is -1.66. The molecule has 0 aliphatic rings. The van der Waals surface area contributed by atoms with Gasteiger partial charge < -0.3 is 13.9 Å². The molecule has 6 heteroatoms. The molecular weight excluding hydrogens is 472 g/mol. The molecule has 31 heavy (non-hydrogen) atoms. The van der Waals surface area contributed by atoms with Gasteiger partial charge in [-0.25, -0.2) is 4.79 Å². The Balaban J connectivity index is 1.84. The number of benzene rings is 2. The van der Waals surface area contributed by atoms with Gasteiger partial charge in [-0.05, 0) is 89.2 Å². The summed E-state index contributed by atoms with van der Waals surface area (Å²) in [6.07, 6.45) is 1.95. The van der Waals surface area contributed by atoms with E-state index in [4.69, 9.17) is 13.9 Å². The van der Waals surface area contributed by atoms with Crippen LogP contribution in [0.25, 0.3) is 11.1 Å². The molecule has 2 rings (SSSR count). The number of unbranched alkanes of at least 4 members (excludes halogenated alkanes) is 1. The fraction of sp³-hybridized carbons (Fsp3) is 0.480. The predicted molar refractivity (Wildman–Crippen MR) is 133 cm³/mol. The lowest BCUT2D eigenvalue weighted by Crippen LogP contribution is -2.41. The maximum Gasteiger partial charge on any atom is 0.338 e. The number of esters is 1. The standard InChI is InChI=1S/C25H35BrO4Si/c1-7-28-24(27)20-12-10-19(11-13-20)21-14-15-23(22(26)18-21)29-16-8-9-17-30-31(5,6)25(2,3)4/h10-15,18H,7-9,16-17H2,1-6H3. The first-order chi connectivity index (χ1) is 14.5. The molecule has 4 nitrogen and oxygen atoms in total. The molecule has 0 unspecified atom stereocenters. The minimum Gasteiger partial charge on any atom is -0.492 e. The molecule has 0 radical (unpaired) electrons. The Morgan fingerprint density at radius 1 is 0.968 bits per heavy atom. The van der Waals surface area contributed by atoms with E-state index in [-0.39, 0.29) is 11.0 Å². The van der Waals surface area contributed by atoms with Crippen LogP contribution in [0.15, 0.2) is 46.9 Å². The molecule has 0 atom stereocenters. The van der Waals surface area contributed by atoms with Gasteiger partial charge in [0, 0.05) is 6.61 Å². The largest absolute Gasteiger partial charge is 0.492 e. The van der Waals surface area contributed by atoms with Crippen LogP contribution in [-0.2, 0) is 9.16 Å². The molecule has 0 bridgehead atoms. The van der Waals surface area contributed by atoms with Gasteiger partial charge in [-0.2, -0.15) is 0 Å². The van der Waals surface area contributed by atoms with Crippen LogP contribution in [0, 0.1) is 0 Å². The second-order valence-electron chi connectivity index (χ2n) is 9.11. The zero-order chi connectivity index (χ0) is 23.1. The Morgan fingerprint density at radius 3 is 2.16 bits per heavy atom. The summed E-state index contributed by atoms with van der Waals surface area (Å²) in [5, 5.41) is 0.245. The SMILES string of the molecule is CCOC(=O)c1ccc(-c2ccc(OCCCCO[Si](C)(C)C(C)(C)C)c(Br)c2)cc1. The Morgan fingerprint density at radius 2 is 1.58 bits per heavy atom. The highest BCUT2D eigenvalue weighted by Crippen LogP contribution is 2.36. The van der Waals surface area contributed by atoms with Crippen LogP contribution < -0.4 is 4.74 Å². The third kappa shape index (κ3) is 7.47. The second kappa shape index (κ2) is 11.3. The van der Waals surface area contributed by atoms with Crippen molar-refractivity contribution in [1.29, 1.82) is 0 Å². The Bertz CT molecular complexity index is 857. The molecule has 2 aromatic carbocycles. The highest BCUT2D eigenvalue weighted by molar-refractivity contribution is 9.10. The zero-order valence-corrected chi connectivity index (χ0v) is 22.2. The summed E-state index contributed by atoms with van der Waals surface area (Å²) in [5.74, 6) is 0.533. The van der Waals surface area contributed by atoms with Crippen molar-refractivity contribution in [1.82, 2.24) is 0 Å². The molecule has 0 saturated carbocycles. The lowest BCUT2D eigenvalue weighted by atomic mass is 10.0. The van der Waals surface area contributed by atoms with Gasteiger partial charge in [-0.1, -0.05) is 39.0 Å². The molecule has 0 aromatic heterocycles. The smallest absolute Gasteiger partial charge is 0.338 e. The number of hydrogen-bond acceptors (Lipinski definition) is 4. The molecular formula is C25H35BrO4Si. The molecule has 0 N–H and O–H groups in total. The summed E-state index contributed by atoms with van der Waals surface area (Å²) >= 11 is 3.62. The average Bonchev–Trinajstić information content (AvgIpc) is 2.71. The summed E-state index contributed by atoms with van der Waals surface area (Å²) < 4.78 is 18.1. The van der Waals surface area contributed by atoms with Crippen molar-refractivity contribution >= 4 is 30.2 Å². The van der Waals surface area contributed by atoms with E-state index in [2.05, 4.69) is 49.8 Å². The van der Waals surface area contributed by atoms with E-state index in [0.29, 0.717) is 18.8 Å². The first-order valence-electron chi connectivity index (χ1n) is 10.9. The minimum atomic E-state index is -1.66. The van der Waals surface area contributed by atoms with E-state index in [0.717, 1.165) is 40.8 Å². The lowest BCUT2D eigenvalue weighted by molar-refractivity contribution is 0.0526. The van der Waals surface area contributed by atoms with Gasteiger partial charge in [0.2, 0.25) is 0 Å². The third-order valence-corrected chi connectivity index (χ3v) is 10.9. The maximum atomic E-state index is 11.8. The fourth-order valence-corrected chi connectivity index (χ4v) is 4.32. The Kier molecular flexibility index (Phi) is 9.34.